The summed E-state index contributed by atoms with van der Waals surface area (Å²) in [5.74, 6) is 1.44. The first-order chi connectivity index (χ1) is 8.86. The lowest BCUT2D eigenvalue weighted by Crippen LogP contribution is -1.83. The molecule has 0 aliphatic carbocycles. The van der Waals surface area contributed by atoms with Gasteiger partial charge in [-0.3, -0.25) is 0 Å². The number of benzene rings is 1. The van der Waals surface area contributed by atoms with E-state index >= 15 is 0 Å². The normalized spacial score (nSPS) is 10.6. The van der Waals surface area contributed by atoms with Crippen molar-refractivity contribution in [3.63, 3.8) is 0 Å². The summed E-state index contributed by atoms with van der Waals surface area (Å²) in [6.07, 6.45) is 0.825. The summed E-state index contributed by atoms with van der Waals surface area (Å²) in [4.78, 5) is 4.19. The van der Waals surface area contributed by atoms with Gasteiger partial charge in [0.1, 0.15) is 5.58 Å². The highest BCUT2D eigenvalue weighted by Gasteiger charge is 2.12. The Balaban J connectivity index is 1.94. The molecule has 0 unspecified atom stereocenters. The van der Waals surface area contributed by atoms with Crippen LogP contribution in [0.4, 0.5) is 0 Å². The SMILES string of the molecule is N#CCCc1nc(-c2cc3ccccc3o2)no1. The predicted octanol–water partition coefficient (Wildman–Crippen LogP) is 2.94. The maximum Gasteiger partial charge on any atom is 0.238 e. The largest absolute Gasteiger partial charge is 0.453 e. The monoisotopic (exact) mass is 239 g/mol. The molecule has 0 aliphatic heterocycles. The molecule has 0 saturated carbocycles. The van der Waals surface area contributed by atoms with Gasteiger partial charge in [-0.1, -0.05) is 23.4 Å². The number of nitriles is 1. The average molecular weight is 239 g/mol. The molecule has 2 aromatic heterocycles. The lowest BCUT2D eigenvalue weighted by atomic mass is 10.2. The minimum atomic E-state index is 0.363. The zero-order chi connectivity index (χ0) is 12.4. The summed E-state index contributed by atoms with van der Waals surface area (Å²) in [6, 6.07) is 11.6. The van der Waals surface area contributed by atoms with E-state index in [2.05, 4.69) is 10.1 Å². The van der Waals surface area contributed by atoms with Gasteiger partial charge in [0.15, 0.2) is 5.76 Å². The molecule has 0 N–H and O–H groups in total. The Labute approximate surface area is 103 Å². The Bertz CT molecular complexity index is 688. The summed E-state index contributed by atoms with van der Waals surface area (Å²) in [6.45, 7) is 0. The van der Waals surface area contributed by atoms with Gasteiger partial charge >= 0.3 is 0 Å². The lowest BCUT2D eigenvalue weighted by Gasteiger charge is -1.84. The summed E-state index contributed by atoms with van der Waals surface area (Å²) < 4.78 is 10.7. The van der Waals surface area contributed by atoms with Gasteiger partial charge in [0.25, 0.3) is 0 Å². The van der Waals surface area contributed by atoms with E-state index in [1.165, 1.54) is 0 Å². The summed E-state index contributed by atoms with van der Waals surface area (Å²) in [5.41, 5.74) is 0.788. The van der Waals surface area contributed by atoms with Crippen molar-refractivity contribution in [3.05, 3.63) is 36.2 Å². The van der Waals surface area contributed by atoms with Crippen molar-refractivity contribution in [3.8, 4) is 17.7 Å². The third kappa shape index (κ3) is 1.84. The quantitative estimate of drug-likeness (QED) is 0.702. The Morgan fingerprint density at radius 3 is 3.00 bits per heavy atom. The molecule has 0 amide bonds. The van der Waals surface area contributed by atoms with E-state index in [1.54, 1.807) is 0 Å². The average Bonchev–Trinajstić information content (AvgIpc) is 3.02. The van der Waals surface area contributed by atoms with Crippen molar-refractivity contribution in [1.29, 1.82) is 5.26 Å². The van der Waals surface area contributed by atoms with E-state index < -0.39 is 0 Å². The van der Waals surface area contributed by atoms with Crippen LogP contribution in [-0.4, -0.2) is 10.1 Å². The molecule has 0 aliphatic rings. The number of aromatic nitrogens is 2. The number of para-hydroxylation sites is 1. The van der Waals surface area contributed by atoms with E-state index in [-0.39, 0.29) is 0 Å². The Hall–Kier alpha value is -2.61. The first-order valence-electron chi connectivity index (χ1n) is 5.55. The molecule has 1 aromatic carbocycles. The van der Waals surface area contributed by atoms with Gasteiger partial charge in [0, 0.05) is 18.2 Å². The van der Waals surface area contributed by atoms with Crippen molar-refractivity contribution >= 4 is 11.0 Å². The highest BCUT2D eigenvalue weighted by Crippen LogP contribution is 2.25. The Morgan fingerprint density at radius 1 is 1.28 bits per heavy atom. The van der Waals surface area contributed by atoms with Crippen LogP contribution in [0.5, 0.6) is 0 Å². The number of furan rings is 1. The van der Waals surface area contributed by atoms with Gasteiger partial charge in [-0.2, -0.15) is 10.2 Å². The fourth-order valence-corrected chi connectivity index (χ4v) is 1.71. The number of rotatable bonds is 3. The van der Waals surface area contributed by atoms with Crippen LogP contribution in [0.3, 0.4) is 0 Å². The number of aryl methyl sites for hydroxylation is 1. The highest BCUT2D eigenvalue weighted by atomic mass is 16.5. The van der Waals surface area contributed by atoms with Crippen LogP contribution in [0.2, 0.25) is 0 Å². The number of hydrogen-bond donors (Lipinski definition) is 0. The van der Waals surface area contributed by atoms with E-state index in [0.29, 0.717) is 30.3 Å². The molecule has 0 fully saturated rings. The molecule has 0 radical (unpaired) electrons. The first-order valence-corrected chi connectivity index (χ1v) is 5.55. The van der Waals surface area contributed by atoms with Crippen molar-refractivity contribution in [2.24, 2.45) is 0 Å². The predicted molar refractivity (Wildman–Crippen MR) is 63.4 cm³/mol. The van der Waals surface area contributed by atoms with E-state index in [0.717, 1.165) is 11.0 Å². The summed E-state index contributed by atoms with van der Waals surface area (Å²) >= 11 is 0. The van der Waals surface area contributed by atoms with Crippen molar-refractivity contribution < 1.29 is 8.94 Å². The standard InChI is InChI=1S/C13H9N3O2/c14-7-3-6-12-15-13(16-18-12)11-8-9-4-1-2-5-10(9)17-11/h1-2,4-5,8H,3,6H2. The Kier molecular flexibility index (Phi) is 2.54. The van der Waals surface area contributed by atoms with Gasteiger partial charge < -0.3 is 8.94 Å². The van der Waals surface area contributed by atoms with Crippen LogP contribution >= 0.6 is 0 Å². The smallest absolute Gasteiger partial charge is 0.238 e. The van der Waals surface area contributed by atoms with E-state index in [4.69, 9.17) is 14.2 Å². The minimum Gasteiger partial charge on any atom is -0.453 e. The molecule has 5 nitrogen and oxygen atoms in total. The minimum absolute atomic E-state index is 0.363. The van der Waals surface area contributed by atoms with Crippen LogP contribution in [0.1, 0.15) is 12.3 Å². The zero-order valence-corrected chi connectivity index (χ0v) is 9.46. The third-order valence-corrected chi connectivity index (χ3v) is 2.56. The van der Waals surface area contributed by atoms with Crippen LogP contribution < -0.4 is 0 Å². The molecule has 3 aromatic rings. The molecule has 3 rings (SSSR count). The topological polar surface area (TPSA) is 75.8 Å². The third-order valence-electron chi connectivity index (χ3n) is 2.56. The molecular formula is C13H9N3O2. The Morgan fingerprint density at radius 2 is 2.17 bits per heavy atom. The number of hydrogen-bond acceptors (Lipinski definition) is 5. The molecule has 5 heteroatoms. The van der Waals surface area contributed by atoms with E-state index in [9.17, 15) is 0 Å². The van der Waals surface area contributed by atoms with E-state index in [1.807, 2.05) is 36.4 Å². The van der Waals surface area contributed by atoms with Gasteiger partial charge in [-0.05, 0) is 12.1 Å². The first kappa shape index (κ1) is 10.5. The van der Waals surface area contributed by atoms with Gasteiger partial charge in [-0.25, -0.2) is 0 Å². The molecule has 0 atom stereocenters. The van der Waals surface area contributed by atoms with Gasteiger partial charge in [0.05, 0.1) is 6.07 Å². The maximum atomic E-state index is 8.49. The van der Waals surface area contributed by atoms with Crippen molar-refractivity contribution in [1.82, 2.24) is 10.1 Å². The second-order valence-corrected chi connectivity index (χ2v) is 3.82. The highest BCUT2D eigenvalue weighted by molar-refractivity contribution is 5.81. The molecule has 0 spiro atoms. The van der Waals surface area contributed by atoms with Crippen molar-refractivity contribution in [2.45, 2.75) is 12.8 Å². The fourth-order valence-electron chi connectivity index (χ4n) is 1.71. The van der Waals surface area contributed by atoms with Gasteiger partial charge in [-0.15, -0.1) is 0 Å². The summed E-state index contributed by atoms with van der Waals surface area (Å²) in [5, 5.41) is 13.3. The van der Waals surface area contributed by atoms with Crippen LogP contribution in [0, 0.1) is 11.3 Å². The molecule has 0 bridgehead atoms. The van der Waals surface area contributed by atoms with Gasteiger partial charge in [0.2, 0.25) is 11.7 Å². The van der Waals surface area contributed by atoms with Crippen LogP contribution in [0.15, 0.2) is 39.3 Å². The second kappa shape index (κ2) is 4.34. The van der Waals surface area contributed by atoms with Crippen LogP contribution in [0.25, 0.3) is 22.6 Å². The number of fused-ring (bicyclic) bond motifs is 1. The van der Waals surface area contributed by atoms with Crippen LogP contribution in [-0.2, 0) is 6.42 Å². The molecule has 0 saturated heterocycles. The maximum absolute atomic E-state index is 8.49. The second-order valence-electron chi connectivity index (χ2n) is 3.82. The summed E-state index contributed by atoms with van der Waals surface area (Å²) in [7, 11) is 0. The lowest BCUT2D eigenvalue weighted by molar-refractivity contribution is 0.379. The molecular weight excluding hydrogens is 230 g/mol. The fraction of sp³-hybridized carbons (Fsp3) is 0.154. The molecule has 88 valence electrons. The zero-order valence-electron chi connectivity index (χ0n) is 9.46. The number of nitrogens with zero attached hydrogens (tertiary/aromatic N) is 3. The molecule has 2 heterocycles. The van der Waals surface area contributed by atoms with Crippen molar-refractivity contribution in [2.75, 3.05) is 0 Å². The molecule has 18 heavy (non-hydrogen) atoms.